The summed E-state index contributed by atoms with van der Waals surface area (Å²) in [5, 5.41) is 17.6. The van der Waals surface area contributed by atoms with Crippen LogP contribution in [0.4, 0.5) is 5.69 Å². The molecule has 2 N–H and O–H groups in total. The lowest BCUT2D eigenvalue weighted by molar-refractivity contribution is 0.586. The Hall–Kier alpha value is -2.09. The van der Waals surface area contributed by atoms with Gasteiger partial charge in [0.2, 0.25) is 0 Å². The first-order valence-corrected chi connectivity index (χ1v) is 6.72. The maximum absolute atomic E-state index is 11.5. The van der Waals surface area contributed by atoms with E-state index in [-0.39, 0.29) is 16.8 Å². The Kier molecular flexibility index (Phi) is 4.67. The van der Waals surface area contributed by atoms with Crippen molar-refractivity contribution in [1.29, 1.82) is 10.5 Å². The first-order valence-electron chi connectivity index (χ1n) is 5.24. The van der Waals surface area contributed by atoms with E-state index in [1.54, 1.807) is 0 Å². The van der Waals surface area contributed by atoms with Crippen LogP contribution in [0.3, 0.4) is 0 Å². The van der Waals surface area contributed by atoms with Crippen molar-refractivity contribution in [2.75, 3.05) is 11.3 Å². The van der Waals surface area contributed by atoms with Crippen molar-refractivity contribution in [2.45, 2.75) is 13.3 Å². The molecule has 1 rings (SSSR count). The second-order valence-electron chi connectivity index (χ2n) is 3.48. The van der Waals surface area contributed by atoms with Crippen molar-refractivity contribution in [2.24, 2.45) is 0 Å². The highest BCUT2D eigenvalue weighted by Crippen LogP contribution is 2.15. The molecule has 0 radical (unpaired) electrons. The van der Waals surface area contributed by atoms with Gasteiger partial charge in [-0.25, -0.2) is 0 Å². The molecular weight excluding hydrogens is 252 g/mol. The maximum atomic E-state index is 11.5. The van der Waals surface area contributed by atoms with Crippen LogP contribution >= 0.6 is 0 Å². The second kappa shape index (κ2) is 6.01. The van der Waals surface area contributed by atoms with E-state index in [1.165, 1.54) is 18.2 Å². The minimum absolute atomic E-state index is 0.133. The third kappa shape index (κ3) is 3.74. The predicted octanol–water partition coefficient (Wildman–Crippen LogP) is 1.09. The van der Waals surface area contributed by atoms with Crippen LogP contribution in [0, 0.1) is 22.7 Å². The van der Waals surface area contributed by atoms with Crippen LogP contribution < -0.4 is 9.44 Å². The van der Waals surface area contributed by atoms with Gasteiger partial charge in [-0.15, -0.1) is 0 Å². The first kappa shape index (κ1) is 14.0. The van der Waals surface area contributed by atoms with Gasteiger partial charge in [0.1, 0.15) is 12.1 Å². The zero-order valence-corrected chi connectivity index (χ0v) is 10.6. The van der Waals surface area contributed by atoms with Crippen molar-refractivity contribution >= 4 is 15.9 Å². The molecule has 0 bridgehead atoms. The molecule has 0 spiro atoms. The monoisotopic (exact) mass is 264 g/mol. The Morgan fingerprint density at radius 2 is 1.89 bits per heavy atom. The molecule has 6 nitrogen and oxygen atoms in total. The average Bonchev–Trinajstić information content (AvgIpc) is 2.35. The van der Waals surface area contributed by atoms with Gasteiger partial charge in [0.25, 0.3) is 10.2 Å². The zero-order chi connectivity index (χ0) is 13.6. The fourth-order valence-corrected chi connectivity index (χ4v) is 2.21. The summed E-state index contributed by atoms with van der Waals surface area (Å²) >= 11 is 0. The molecule has 0 saturated carbocycles. The number of benzene rings is 1. The number of anilines is 1. The van der Waals surface area contributed by atoms with Crippen molar-refractivity contribution in [3.8, 4) is 12.1 Å². The molecule has 0 aliphatic heterocycles. The van der Waals surface area contributed by atoms with Crippen LogP contribution in [-0.4, -0.2) is 15.0 Å². The Balaban J connectivity index is 2.94. The zero-order valence-electron chi connectivity index (χ0n) is 9.77. The largest absolute Gasteiger partial charge is 0.299 e. The quantitative estimate of drug-likeness (QED) is 0.830. The van der Waals surface area contributed by atoms with Crippen molar-refractivity contribution in [3.05, 3.63) is 29.3 Å². The smallest absolute Gasteiger partial charge is 0.271 e. The molecule has 0 heterocycles. The van der Waals surface area contributed by atoms with Crippen LogP contribution in [0.5, 0.6) is 0 Å². The van der Waals surface area contributed by atoms with E-state index in [0.717, 1.165) is 0 Å². The van der Waals surface area contributed by atoms with Gasteiger partial charge in [0, 0.05) is 6.54 Å². The van der Waals surface area contributed by atoms with E-state index in [0.29, 0.717) is 13.0 Å². The van der Waals surface area contributed by atoms with Crippen LogP contribution in [0.1, 0.15) is 24.5 Å². The molecule has 0 aliphatic rings. The van der Waals surface area contributed by atoms with E-state index in [2.05, 4.69) is 9.44 Å². The van der Waals surface area contributed by atoms with E-state index in [1.807, 2.05) is 19.1 Å². The summed E-state index contributed by atoms with van der Waals surface area (Å²) in [7, 11) is -3.63. The highest BCUT2D eigenvalue weighted by Gasteiger charge is 2.10. The Bertz CT molecular complexity index is 611. The van der Waals surface area contributed by atoms with Gasteiger partial charge in [-0.2, -0.15) is 23.7 Å². The van der Waals surface area contributed by atoms with Gasteiger partial charge in [-0.05, 0) is 24.6 Å². The normalized spacial score (nSPS) is 10.4. The third-order valence-electron chi connectivity index (χ3n) is 2.05. The summed E-state index contributed by atoms with van der Waals surface area (Å²) in [6.07, 6.45) is 0.678. The summed E-state index contributed by atoms with van der Waals surface area (Å²) < 4.78 is 27.7. The molecule has 0 saturated heterocycles. The number of rotatable bonds is 5. The average molecular weight is 264 g/mol. The number of nitrogens with zero attached hydrogens (tertiary/aromatic N) is 2. The molecule has 94 valence electrons. The van der Waals surface area contributed by atoms with E-state index >= 15 is 0 Å². The number of hydrogen-bond donors (Lipinski definition) is 2. The fraction of sp³-hybridized carbons (Fsp3) is 0.273. The Morgan fingerprint density at radius 3 is 2.44 bits per heavy atom. The summed E-state index contributed by atoms with van der Waals surface area (Å²) in [6.45, 7) is 2.18. The molecule has 1 aromatic rings. The molecule has 0 aliphatic carbocycles. The lowest BCUT2D eigenvalue weighted by Gasteiger charge is -2.08. The highest BCUT2D eigenvalue weighted by molar-refractivity contribution is 7.90. The van der Waals surface area contributed by atoms with Crippen LogP contribution in [0.2, 0.25) is 0 Å². The predicted molar refractivity (Wildman–Crippen MR) is 66.7 cm³/mol. The lowest BCUT2D eigenvalue weighted by atomic mass is 10.1. The number of nitrogens with one attached hydrogen (secondary N) is 2. The molecule has 18 heavy (non-hydrogen) atoms. The van der Waals surface area contributed by atoms with E-state index < -0.39 is 10.2 Å². The van der Waals surface area contributed by atoms with E-state index in [9.17, 15) is 8.42 Å². The molecular formula is C11H12N4O2S. The Morgan fingerprint density at radius 1 is 1.22 bits per heavy atom. The molecule has 0 atom stereocenters. The second-order valence-corrected chi connectivity index (χ2v) is 4.98. The summed E-state index contributed by atoms with van der Waals surface area (Å²) in [4.78, 5) is 0. The van der Waals surface area contributed by atoms with Gasteiger partial charge in [-0.1, -0.05) is 6.92 Å². The van der Waals surface area contributed by atoms with Crippen molar-refractivity contribution in [3.63, 3.8) is 0 Å². The van der Waals surface area contributed by atoms with E-state index in [4.69, 9.17) is 10.5 Å². The van der Waals surface area contributed by atoms with Crippen LogP contribution in [0.15, 0.2) is 18.2 Å². The fourth-order valence-electron chi connectivity index (χ4n) is 1.23. The highest BCUT2D eigenvalue weighted by atomic mass is 32.2. The van der Waals surface area contributed by atoms with Crippen LogP contribution in [-0.2, 0) is 10.2 Å². The number of hydrogen-bond acceptors (Lipinski definition) is 4. The summed E-state index contributed by atoms with van der Waals surface area (Å²) in [6, 6.07) is 7.85. The van der Waals surface area contributed by atoms with Crippen LogP contribution in [0.25, 0.3) is 0 Å². The minimum atomic E-state index is -3.63. The van der Waals surface area contributed by atoms with Crippen molar-refractivity contribution in [1.82, 2.24) is 4.72 Å². The van der Waals surface area contributed by atoms with Gasteiger partial charge in [0.05, 0.1) is 16.8 Å². The van der Waals surface area contributed by atoms with Gasteiger partial charge >= 0.3 is 0 Å². The van der Waals surface area contributed by atoms with Gasteiger partial charge in [0.15, 0.2) is 0 Å². The van der Waals surface area contributed by atoms with Gasteiger partial charge < -0.3 is 0 Å². The Labute approximate surface area is 106 Å². The molecule has 0 amide bonds. The topological polar surface area (TPSA) is 106 Å². The molecule has 7 heteroatoms. The van der Waals surface area contributed by atoms with Gasteiger partial charge in [-0.3, -0.25) is 4.72 Å². The molecule has 1 aromatic carbocycles. The van der Waals surface area contributed by atoms with Crippen molar-refractivity contribution < 1.29 is 8.42 Å². The molecule has 0 aromatic heterocycles. The standard InChI is InChI=1S/C11H12N4O2S/c1-2-5-14-18(16,17)15-11-4-3-9(7-12)10(6-11)8-13/h3-4,6,14-15H,2,5H2,1H3. The SMILES string of the molecule is CCCNS(=O)(=O)Nc1ccc(C#N)c(C#N)c1. The summed E-state index contributed by atoms with van der Waals surface area (Å²) in [5.41, 5.74) is 0.587. The molecule has 0 unspecified atom stereocenters. The maximum Gasteiger partial charge on any atom is 0.299 e. The lowest BCUT2D eigenvalue weighted by Crippen LogP contribution is -2.30. The summed E-state index contributed by atoms with van der Waals surface area (Å²) in [5.74, 6) is 0. The first-order chi connectivity index (χ1) is 8.52. The third-order valence-corrected chi connectivity index (χ3v) is 3.14. The molecule has 0 fully saturated rings. The number of nitriles is 2. The minimum Gasteiger partial charge on any atom is -0.271 e.